The second kappa shape index (κ2) is 6.26. The molecule has 112 valence electrons. The number of hydrogen-bond donors (Lipinski definition) is 1. The van der Waals surface area contributed by atoms with Crippen LogP contribution in [0.5, 0.6) is 0 Å². The van der Waals surface area contributed by atoms with Gasteiger partial charge in [0.15, 0.2) is 0 Å². The predicted octanol–water partition coefficient (Wildman–Crippen LogP) is 2.41. The van der Waals surface area contributed by atoms with Crippen LogP contribution in [0.4, 0.5) is 5.69 Å². The second-order valence-electron chi connectivity index (χ2n) is 5.93. The molecule has 3 rings (SSSR count). The van der Waals surface area contributed by atoms with Gasteiger partial charge in [-0.3, -0.25) is 0 Å². The Morgan fingerprint density at radius 1 is 1.24 bits per heavy atom. The smallest absolute Gasteiger partial charge is 0.138 e. The number of nitrogens with one attached hydrogen (secondary N) is 1. The molecule has 1 unspecified atom stereocenters. The van der Waals surface area contributed by atoms with E-state index in [0.29, 0.717) is 6.04 Å². The summed E-state index contributed by atoms with van der Waals surface area (Å²) in [4.78, 5) is 6.44. The van der Waals surface area contributed by atoms with Crippen molar-refractivity contribution in [1.29, 1.82) is 0 Å². The Labute approximate surface area is 126 Å². The predicted molar refractivity (Wildman–Crippen MR) is 84.7 cm³/mol. The summed E-state index contributed by atoms with van der Waals surface area (Å²) in [5.41, 5.74) is 2.17. The standard InChI is InChI=1S/C16H23N5/c1-13(14-7-9-20(2)10-8-14)19-15-5-3-4-6-16(15)21-12-17-11-18-21/h3-6,11-14,19H,7-10H2,1-2H3. The summed E-state index contributed by atoms with van der Waals surface area (Å²) in [6.45, 7) is 4.68. The molecule has 0 saturated carbocycles. The third-order valence-electron chi connectivity index (χ3n) is 4.42. The van der Waals surface area contributed by atoms with Crippen LogP contribution < -0.4 is 5.32 Å². The van der Waals surface area contributed by atoms with Gasteiger partial charge in [-0.05, 0) is 58.0 Å². The van der Waals surface area contributed by atoms with E-state index in [1.54, 1.807) is 12.7 Å². The maximum absolute atomic E-state index is 4.24. The number of benzene rings is 1. The van der Waals surface area contributed by atoms with Crippen molar-refractivity contribution in [3.8, 4) is 5.69 Å². The van der Waals surface area contributed by atoms with E-state index in [0.717, 1.165) is 17.3 Å². The molecule has 1 atom stereocenters. The van der Waals surface area contributed by atoms with Crippen molar-refractivity contribution in [1.82, 2.24) is 19.7 Å². The normalized spacial score (nSPS) is 18.6. The minimum Gasteiger partial charge on any atom is -0.381 e. The number of likely N-dealkylation sites (tertiary alicyclic amines) is 1. The van der Waals surface area contributed by atoms with Crippen molar-refractivity contribution < 1.29 is 0 Å². The van der Waals surface area contributed by atoms with Gasteiger partial charge in [-0.25, -0.2) is 9.67 Å². The molecular weight excluding hydrogens is 262 g/mol. The number of hydrogen-bond acceptors (Lipinski definition) is 4. The lowest BCUT2D eigenvalue weighted by Gasteiger charge is -2.33. The van der Waals surface area contributed by atoms with E-state index >= 15 is 0 Å². The molecule has 0 bridgehead atoms. The molecule has 1 aromatic carbocycles. The monoisotopic (exact) mass is 285 g/mol. The summed E-state index contributed by atoms with van der Waals surface area (Å²) < 4.78 is 1.81. The highest BCUT2D eigenvalue weighted by Crippen LogP contribution is 2.25. The molecule has 0 amide bonds. The van der Waals surface area contributed by atoms with Crippen LogP contribution in [0.25, 0.3) is 5.69 Å². The Balaban J connectivity index is 1.73. The molecule has 0 spiro atoms. The van der Waals surface area contributed by atoms with Gasteiger partial charge in [0.2, 0.25) is 0 Å². The van der Waals surface area contributed by atoms with E-state index in [1.165, 1.54) is 25.9 Å². The van der Waals surface area contributed by atoms with Gasteiger partial charge in [0.25, 0.3) is 0 Å². The maximum Gasteiger partial charge on any atom is 0.138 e. The van der Waals surface area contributed by atoms with Crippen LogP contribution in [0.2, 0.25) is 0 Å². The molecule has 1 aromatic heterocycles. The van der Waals surface area contributed by atoms with Gasteiger partial charge >= 0.3 is 0 Å². The van der Waals surface area contributed by atoms with Crippen LogP contribution in [-0.4, -0.2) is 45.8 Å². The summed E-state index contributed by atoms with van der Waals surface area (Å²) in [6.07, 6.45) is 5.82. The number of aromatic nitrogens is 3. The average Bonchev–Trinajstić information content (AvgIpc) is 3.02. The minimum atomic E-state index is 0.461. The number of para-hydroxylation sites is 2. The van der Waals surface area contributed by atoms with E-state index in [4.69, 9.17) is 0 Å². The minimum absolute atomic E-state index is 0.461. The van der Waals surface area contributed by atoms with Crippen molar-refractivity contribution in [2.75, 3.05) is 25.5 Å². The van der Waals surface area contributed by atoms with Crippen molar-refractivity contribution in [2.45, 2.75) is 25.8 Å². The zero-order valence-electron chi connectivity index (χ0n) is 12.7. The summed E-state index contributed by atoms with van der Waals surface area (Å²) in [6, 6.07) is 8.73. The van der Waals surface area contributed by atoms with Crippen LogP contribution in [0.1, 0.15) is 19.8 Å². The van der Waals surface area contributed by atoms with Crippen molar-refractivity contribution in [2.24, 2.45) is 5.92 Å². The Hall–Kier alpha value is -1.88. The number of anilines is 1. The van der Waals surface area contributed by atoms with Crippen molar-refractivity contribution in [3.63, 3.8) is 0 Å². The molecule has 1 saturated heterocycles. The fraction of sp³-hybridized carbons (Fsp3) is 0.500. The molecule has 21 heavy (non-hydrogen) atoms. The Bertz CT molecular complexity index is 558. The maximum atomic E-state index is 4.24. The largest absolute Gasteiger partial charge is 0.381 e. The molecule has 5 nitrogen and oxygen atoms in total. The van der Waals surface area contributed by atoms with Gasteiger partial charge < -0.3 is 10.2 Å². The topological polar surface area (TPSA) is 46.0 Å². The van der Waals surface area contributed by atoms with E-state index in [2.05, 4.69) is 52.5 Å². The molecule has 2 aromatic rings. The van der Waals surface area contributed by atoms with Gasteiger partial charge in [0.05, 0.1) is 11.4 Å². The van der Waals surface area contributed by atoms with Crippen LogP contribution >= 0.6 is 0 Å². The average molecular weight is 285 g/mol. The van der Waals surface area contributed by atoms with Gasteiger partial charge in [-0.15, -0.1) is 0 Å². The molecule has 0 aliphatic carbocycles. The van der Waals surface area contributed by atoms with Gasteiger partial charge in [0.1, 0.15) is 12.7 Å². The van der Waals surface area contributed by atoms with Crippen LogP contribution in [-0.2, 0) is 0 Å². The zero-order valence-corrected chi connectivity index (χ0v) is 12.7. The molecule has 1 aliphatic rings. The van der Waals surface area contributed by atoms with E-state index in [9.17, 15) is 0 Å². The summed E-state index contributed by atoms with van der Waals surface area (Å²) in [5, 5.41) is 7.91. The highest BCUT2D eigenvalue weighted by atomic mass is 15.3. The summed E-state index contributed by atoms with van der Waals surface area (Å²) >= 11 is 0. The number of nitrogens with zero attached hydrogens (tertiary/aromatic N) is 4. The quantitative estimate of drug-likeness (QED) is 0.937. The molecular formula is C16H23N5. The molecule has 0 radical (unpaired) electrons. The Morgan fingerprint density at radius 2 is 2.00 bits per heavy atom. The molecule has 2 heterocycles. The first-order valence-corrected chi connectivity index (χ1v) is 7.63. The van der Waals surface area contributed by atoms with Gasteiger partial charge in [-0.1, -0.05) is 12.1 Å². The molecule has 1 N–H and O–H groups in total. The van der Waals surface area contributed by atoms with Crippen LogP contribution in [0.3, 0.4) is 0 Å². The lowest BCUT2D eigenvalue weighted by molar-refractivity contribution is 0.208. The van der Waals surface area contributed by atoms with Gasteiger partial charge in [-0.2, -0.15) is 5.10 Å². The third kappa shape index (κ3) is 3.24. The van der Waals surface area contributed by atoms with Crippen molar-refractivity contribution in [3.05, 3.63) is 36.9 Å². The molecule has 1 fully saturated rings. The van der Waals surface area contributed by atoms with Gasteiger partial charge in [0, 0.05) is 6.04 Å². The highest BCUT2D eigenvalue weighted by molar-refractivity contribution is 5.60. The number of rotatable bonds is 4. The number of piperidine rings is 1. The van der Waals surface area contributed by atoms with E-state index in [-0.39, 0.29) is 0 Å². The third-order valence-corrected chi connectivity index (χ3v) is 4.42. The summed E-state index contributed by atoms with van der Waals surface area (Å²) in [7, 11) is 2.20. The first kappa shape index (κ1) is 14.1. The first-order chi connectivity index (χ1) is 10.2. The second-order valence-corrected chi connectivity index (χ2v) is 5.93. The lowest BCUT2D eigenvalue weighted by atomic mass is 9.90. The van der Waals surface area contributed by atoms with E-state index < -0.39 is 0 Å². The first-order valence-electron chi connectivity index (χ1n) is 7.63. The molecule has 5 heteroatoms. The SMILES string of the molecule is CC(Nc1ccccc1-n1cncn1)C1CCN(C)CC1. The molecule has 1 aliphatic heterocycles. The van der Waals surface area contributed by atoms with Crippen LogP contribution in [0.15, 0.2) is 36.9 Å². The Kier molecular flexibility index (Phi) is 4.20. The summed E-state index contributed by atoms with van der Waals surface area (Å²) in [5.74, 6) is 0.727. The lowest BCUT2D eigenvalue weighted by Crippen LogP contribution is -2.37. The van der Waals surface area contributed by atoms with E-state index in [1.807, 2.05) is 10.7 Å². The fourth-order valence-electron chi connectivity index (χ4n) is 3.02. The van der Waals surface area contributed by atoms with Crippen LogP contribution in [0, 0.1) is 5.92 Å². The zero-order chi connectivity index (χ0) is 14.7. The van der Waals surface area contributed by atoms with Crippen molar-refractivity contribution >= 4 is 5.69 Å². The Morgan fingerprint density at radius 3 is 2.71 bits per heavy atom. The fourth-order valence-corrected chi connectivity index (χ4v) is 3.02. The highest BCUT2D eigenvalue weighted by Gasteiger charge is 2.22.